The van der Waals surface area contributed by atoms with E-state index in [0.717, 1.165) is 76.2 Å². The SMILES string of the molecule is O=c1[nH]nc(Cc2ccc(CN3CCOCC3)cc2)c2c1CCCC2. The molecule has 0 unspecified atom stereocenters. The van der Waals surface area contributed by atoms with Crippen LogP contribution in [0.25, 0.3) is 0 Å². The van der Waals surface area contributed by atoms with Crippen molar-refractivity contribution < 1.29 is 4.74 Å². The van der Waals surface area contributed by atoms with Gasteiger partial charge in [-0.15, -0.1) is 0 Å². The molecular weight excluding hydrogens is 314 g/mol. The lowest BCUT2D eigenvalue weighted by Crippen LogP contribution is -2.35. The van der Waals surface area contributed by atoms with Crippen molar-refractivity contribution >= 4 is 0 Å². The predicted molar refractivity (Wildman–Crippen MR) is 96.8 cm³/mol. The molecule has 1 aromatic heterocycles. The highest BCUT2D eigenvalue weighted by molar-refractivity contribution is 5.34. The fourth-order valence-electron chi connectivity index (χ4n) is 3.85. The molecule has 2 aromatic rings. The van der Waals surface area contributed by atoms with Crippen LogP contribution < -0.4 is 5.56 Å². The van der Waals surface area contributed by atoms with E-state index in [4.69, 9.17) is 4.74 Å². The molecule has 1 fully saturated rings. The van der Waals surface area contributed by atoms with Gasteiger partial charge in [-0.3, -0.25) is 9.69 Å². The Morgan fingerprint density at radius 2 is 1.68 bits per heavy atom. The summed E-state index contributed by atoms with van der Waals surface area (Å²) in [7, 11) is 0. The first kappa shape index (κ1) is 16.5. The molecule has 1 N–H and O–H groups in total. The van der Waals surface area contributed by atoms with Gasteiger partial charge >= 0.3 is 0 Å². The van der Waals surface area contributed by atoms with Gasteiger partial charge in [-0.1, -0.05) is 24.3 Å². The zero-order valence-corrected chi connectivity index (χ0v) is 14.6. The molecule has 132 valence electrons. The smallest absolute Gasteiger partial charge is 0.267 e. The van der Waals surface area contributed by atoms with Crippen molar-refractivity contribution in [2.45, 2.75) is 38.6 Å². The fourth-order valence-corrected chi connectivity index (χ4v) is 3.85. The average molecular weight is 339 g/mol. The zero-order chi connectivity index (χ0) is 17.1. The molecule has 0 spiro atoms. The number of nitrogens with zero attached hydrogens (tertiary/aromatic N) is 2. The molecule has 1 aliphatic carbocycles. The highest BCUT2D eigenvalue weighted by Crippen LogP contribution is 2.22. The van der Waals surface area contributed by atoms with Gasteiger partial charge in [-0.25, -0.2) is 5.10 Å². The summed E-state index contributed by atoms with van der Waals surface area (Å²) in [6.45, 7) is 4.67. The van der Waals surface area contributed by atoms with Crippen LogP contribution >= 0.6 is 0 Å². The number of aromatic amines is 1. The van der Waals surface area contributed by atoms with Crippen LogP contribution in [0.5, 0.6) is 0 Å². The van der Waals surface area contributed by atoms with E-state index in [9.17, 15) is 4.79 Å². The van der Waals surface area contributed by atoms with E-state index >= 15 is 0 Å². The normalized spacial score (nSPS) is 18.1. The minimum atomic E-state index is -0.000640. The van der Waals surface area contributed by atoms with Crippen LogP contribution in [0.4, 0.5) is 0 Å². The van der Waals surface area contributed by atoms with Crippen molar-refractivity contribution in [2.75, 3.05) is 26.3 Å². The summed E-state index contributed by atoms with van der Waals surface area (Å²) in [6, 6.07) is 8.81. The minimum Gasteiger partial charge on any atom is -0.379 e. The van der Waals surface area contributed by atoms with Crippen LogP contribution in [0, 0.1) is 0 Å². The molecule has 25 heavy (non-hydrogen) atoms. The number of benzene rings is 1. The molecule has 5 nitrogen and oxygen atoms in total. The second-order valence-corrected chi connectivity index (χ2v) is 7.05. The minimum absolute atomic E-state index is 0.000640. The molecule has 1 saturated heterocycles. The van der Waals surface area contributed by atoms with Gasteiger partial charge in [0.15, 0.2) is 0 Å². The molecule has 0 atom stereocenters. The van der Waals surface area contributed by atoms with E-state index in [-0.39, 0.29) is 5.56 Å². The van der Waals surface area contributed by atoms with Crippen molar-refractivity contribution in [2.24, 2.45) is 0 Å². The van der Waals surface area contributed by atoms with Crippen molar-refractivity contribution in [3.05, 3.63) is 62.6 Å². The van der Waals surface area contributed by atoms with Gasteiger partial charge in [0.1, 0.15) is 0 Å². The number of fused-ring (bicyclic) bond motifs is 1. The molecule has 0 amide bonds. The van der Waals surface area contributed by atoms with E-state index in [1.165, 1.54) is 16.7 Å². The lowest BCUT2D eigenvalue weighted by molar-refractivity contribution is 0.0342. The third kappa shape index (κ3) is 3.83. The average Bonchev–Trinajstić information content (AvgIpc) is 2.67. The molecule has 0 bridgehead atoms. The molecule has 1 aromatic carbocycles. The molecular formula is C20H25N3O2. The maximum atomic E-state index is 12.0. The van der Waals surface area contributed by atoms with E-state index < -0.39 is 0 Å². The number of aromatic nitrogens is 2. The Morgan fingerprint density at radius 1 is 1.00 bits per heavy atom. The molecule has 1 aliphatic heterocycles. The van der Waals surface area contributed by atoms with Crippen molar-refractivity contribution in [1.82, 2.24) is 15.1 Å². The third-order valence-electron chi connectivity index (χ3n) is 5.29. The van der Waals surface area contributed by atoms with Gasteiger partial charge in [-0.2, -0.15) is 5.10 Å². The van der Waals surface area contributed by atoms with Crippen molar-refractivity contribution in [3.63, 3.8) is 0 Å². The number of hydrogen-bond donors (Lipinski definition) is 1. The maximum Gasteiger partial charge on any atom is 0.267 e. The standard InChI is InChI=1S/C20H25N3O2/c24-20-18-4-2-1-3-17(18)19(21-22-20)13-15-5-7-16(8-6-15)14-23-9-11-25-12-10-23/h5-8H,1-4,9-14H2,(H,22,24). The van der Waals surface area contributed by atoms with Gasteiger partial charge in [0, 0.05) is 31.6 Å². The first-order valence-corrected chi connectivity index (χ1v) is 9.27. The van der Waals surface area contributed by atoms with Crippen LogP contribution in [0.3, 0.4) is 0 Å². The number of morpholine rings is 1. The Morgan fingerprint density at radius 3 is 2.44 bits per heavy atom. The number of ether oxygens (including phenoxy) is 1. The monoisotopic (exact) mass is 339 g/mol. The molecule has 2 aliphatic rings. The van der Waals surface area contributed by atoms with Gasteiger partial charge < -0.3 is 4.74 Å². The Balaban J connectivity index is 1.47. The number of nitrogens with one attached hydrogen (secondary N) is 1. The third-order valence-corrected chi connectivity index (χ3v) is 5.29. The Bertz CT molecular complexity index is 777. The molecule has 5 heteroatoms. The van der Waals surface area contributed by atoms with E-state index in [1.54, 1.807) is 0 Å². The van der Waals surface area contributed by atoms with Crippen LogP contribution in [-0.2, 0) is 30.5 Å². The van der Waals surface area contributed by atoms with Crippen LogP contribution in [0.2, 0.25) is 0 Å². The summed E-state index contributed by atoms with van der Waals surface area (Å²) in [4.78, 5) is 14.4. The highest BCUT2D eigenvalue weighted by atomic mass is 16.5. The number of hydrogen-bond acceptors (Lipinski definition) is 4. The number of rotatable bonds is 4. The predicted octanol–water partition coefficient (Wildman–Crippen LogP) is 2.07. The first-order valence-electron chi connectivity index (χ1n) is 9.27. The second-order valence-electron chi connectivity index (χ2n) is 7.05. The summed E-state index contributed by atoms with van der Waals surface area (Å²) in [6.07, 6.45) is 4.92. The summed E-state index contributed by atoms with van der Waals surface area (Å²) in [5.41, 5.74) is 5.77. The summed E-state index contributed by atoms with van der Waals surface area (Å²) in [5.74, 6) is 0. The molecule has 2 heterocycles. The highest BCUT2D eigenvalue weighted by Gasteiger charge is 2.18. The molecule has 0 radical (unpaired) electrons. The van der Waals surface area contributed by atoms with Gasteiger partial charge in [-0.05, 0) is 42.4 Å². The Labute approximate surface area is 148 Å². The van der Waals surface area contributed by atoms with Crippen LogP contribution in [-0.4, -0.2) is 41.4 Å². The maximum absolute atomic E-state index is 12.0. The van der Waals surface area contributed by atoms with Gasteiger partial charge in [0.25, 0.3) is 5.56 Å². The largest absolute Gasteiger partial charge is 0.379 e. The Kier molecular flexibility index (Phi) is 4.95. The molecule has 4 rings (SSSR count). The van der Waals surface area contributed by atoms with Crippen LogP contribution in [0.15, 0.2) is 29.1 Å². The van der Waals surface area contributed by atoms with E-state index in [2.05, 4.69) is 39.4 Å². The lowest BCUT2D eigenvalue weighted by Gasteiger charge is -2.26. The van der Waals surface area contributed by atoms with Crippen LogP contribution in [0.1, 0.15) is 40.8 Å². The van der Waals surface area contributed by atoms with Gasteiger partial charge in [0.2, 0.25) is 0 Å². The summed E-state index contributed by atoms with van der Waals surface area (Å²) in [5, 5.41) is 7.03. The van der Waals surface area contributed by atoms with Crippen molar-refractivity contribution in [1.29, 1.82) is 0 Å². The van der Waals surface area contributed by atoms with Crippen molar-refractivity contribution in [3.8, 4) is 0 Å². The quantitative estimate of drug-likeness (QED) is 0.926. The lowest BCUT2D eigenvalue weighted by atomic mass is 9.90. The number of H-pyrrole nitrogens is 1. The zero-order valence-electron chi connectivity index (χ0n) is 14.6. The topological polar surface area (TPSA) is 58.2 Å². The molecule has 0 saturated carbocycles. The summed E-state index contributed by atoms with van der Waals surface area (Å²) < 4.78 is 5.40. The van der Waals surface area contributed by atoms with E-state index in [1.807, 2.05) is 0 Å². The second kappa shape index (κ2) is 7.50. The Hall–Kier alpha value is -1.98. The fraction of sp³-hybridized carbons (Fsp3) is 0.500. The van der Waals surface area contributed by atoms with Gasteiger partial charge in [0.05, 0.1) is 18.9 Å². The first-order chi connectivity index (χ1) is 12.3. The summed E-state index contributed by atoms with van der Waals surface area (Å²) >= 11 is 0. The van der Waals surface area contributed by atoms with E-state index in [0.29, 0.717) is 0 Å².